The number of carbonyl (C=O) groups excluding carboxylic acids is 2. The van der Waals surface area contributed by atoms with Gasteiger partial charge in [-0.25, -0.2) is 9.59 Å². The summed E-state index contributed by atoms with van der Waals surface area (Å²) < 4.78 is 40.6. The quantitative estimate of drug-likeness (QED) is 0.528. The minimum absolute atomic E-state index is 0.136. The molecule has 1 rings (SSSR count). The molecule has 2 amide bonds. The Hall–Kier alpha value is -1.75. The summed E-state index contributed by atoms with van der Waals surface area (Å²) in [5.74, 6) is 0. The second-order valence-electron chi connectivity index (χ2n) is 3.64. The van der Waals surface area contributed by atoms with Crippen LogP contribution in [0.4, 0.5) is 15.3 Å². The second kappa shape index (κ2) is 7.49. The van der Waals surface area contributed by atoms with Crippen LogP contribution in [0.1, 0.15) is 0 Å². The van der Waals surface area contributed by atoms with Crippen molar-refractivity contribution in [2.75, 3.05) is 18.5 Å². The van der Waals surface area contributed by atoms with E-state index in [2.05, 4.69) is 14.8 Å². The van der Waals surface area contributed by atoms with Crippen LogP contribution in [0.15, 0.2) is 17.0 Å². The number of nitrogens with one attached hydrogen (secondary N) is 1. The highest BCUT2D eigenvalue weighted by molar-refractivity contribution is 7.86. The van der Waals surface area contributed by atoms with E-state index in [1.165, 1.54) is 6.07 Å². The monoisotopic (exact) mass is 372 g/mol. The topological polar surface area (TPSA) is 145 Å². The summed E-state index contributed by atoms with van der Waals surface area (Å²) in [6.45, 7) is -0.605. The molecule has 12 heteroatoms. The van der Waals surface area contributed by atoms with E-state index < -0.39 is 32.2 Å². The summed E-state index contributed by atoms with van der Waals surface area (Å²) in [6, 6.07) is 2.32. The van der Waals surface area contributed by atoms with Gasteiger partial charge in [-0.05, 0) is 12.1 Å². The lowest BCUT2D eigenvalue weighted by Crippen LogP contribution is -2.21. The van der Waals surface area contributed by atoms with Crippen LogP contribution in [0.2, 0.25) is 10.0 Å². The molecular weight excluding hydrogens is 363 g/mol. The maximum atomic E-state index is 11.5. The summed E-state index contributed by atoms with van der Waals surface area (Å²) in [5.41, 5.74) is 4.36. The van der Waals surface area contributed by atoms with Gasteiger partial charge in [0.2, 0.25) is 0 Å². The van der Waals surface area contributed by atoms with Crippen molar-refractivity contribution in [3.8, 4) is 0 Å². The molecule has 0 aliphatic carbocycles. The minimum Gasteiger partial charge on any atom is -0.446 e. The zero-order chi connectivity index (χ0) is 16.9. The van der Waals surface area contributed by atoms with Crippen molar-refractivity contribution >= 4 is 51.2 Å². The van der Waals surface area contributed by atoms with Crippen LogP contribution in [-0.4, -0.2) is 38.4 Å². The van der Waals surface area contributed by atoms with Gasteiger partial charge in [0.1, 0.15) is 18.1 Å². The van der Waals surface area contributed by atoms with Crippen LogP contribution in [0.25, 0.3) is 0 Å². The third kappa shape index (κ3) is 5.22. The molecule has 122 valence electrons. The highest BCUT2D eigenvalue weighted by Gasteiger charge is 2.23. The molecule has 0 saturated heterocycles. The van der Waals surface area contributed by atoms with Crippen molar-refractivity contribution < 1.29 is 32.0 Å². The fourth-order valence-corrected chi connectivity index (χ4v) is 2.71. The molecule has 1 aromatic carbocycles. The molecule has 22 heavy (non-hydrogen) atoms. The first-order valence-electron chi connectivity index (χ1n) is 5.44. The number of halogens is 2. The van der Waals surface area contributed by atoms with Gasteiger partial charge in [0.05, 0.1) is 15.7 Å². The molecule has 4 N–H and O–H groups in total. The average molecular weight is 373 g/mol. The summed E-state index contributed by atoms with van der Waals surface area (Å²) in [4.78, 5) is 21.0. The third-order valence-corrected chi connectivity index (χ3v) is 3.96. The van der Waals surface area contributed by atoms with Gasteiger partial charge in [0, 0.05) is 0 Å². The normalized spacial score (nSPS) is 10.9. The fourth-order valence-electron chi connectivity index (χ4n) is 1.31. The van der Waals surface area contributed by atoms with Crippen LogP contribution in [0.3, 0.4) is 0 Å². The molecule has 0 aliphatic heterocycles. The average Bonchev–Trinajstić information content (AvgIpc) is 2.37. The van der Waals surface area contributed by atoms with E-state index in [1.54, 1.807) is 0 Å². The largest absolute Gasteiger partial charge is 0.446 e. The molecule has 0 radical (unpaired) electrons. The number of hydrogen-bond acceptors (Lipinski definition) is 6. The molecule has 0 unspecified atom stereocenters. The van der Waals surface area contributed by atoms with Gasteiger partial charge in [0.15, 0.2) is 0 Å². The minimum atomic E-state index is -4.74. The van der Waals surface area contributed by atoms with Gasteiger partial charge in [-0.2, -0.15) is 8.42 Å². The molecular formula is C10H10Cl2N2O7S. The van der Waals surface area contributed by atoms with Crippen molar-refractivity contribution in [3.05, 3.63) is 22.2 Å². The standard InChI is InChI=1S/C10H10Cl2N2O7S/c11-5-1-2-6(8(7(5)12)22(17,18)19)14-10(16)21-4-3-20-9(13)15/h1-2H,3-4H2,(H2,13,15)(H,14,16)(H,17,18,19). The number of carbonyl (C=O) groups is 2. The van der Waals surface area contributed by atoms with Crippen LogP contribution in [0, 0.1) is 0 Å². The highest BCUT2D eigenvalue weighted by atomic mass is 35.5. The number of ether oxygens (including phenoxy) is 2. The maximum Gasteiger partial charge on any atom is 0.411 e. The number of rotatable bonds is 5. The Morgan fingerprint density at radius 2 is 1.82 bits per heavy atom. The number of anilines is 1. The lowest BCUT2D eigenvalue weighted by atomic mass is 10.3. The SMILES string of the molecule is NC(=O)OCCOC(=O)Nc1ccc(Cl)c(Cl)c1S(=O)(=O)O. The first-order valence-corrected chi connectivity index (χ1v) is 7.64. The Bertz CT molecular complexity index is 693. The van der Waals surface area contributed by atoms with Crippen LogP contribution >= 0.6 is 23.2 Å². The highest BCUT2D eigenvalue weighted by Crippen LogP contribution is 2.35. The van der Waals surface area contributed by atoms with Gasteiger partial charge in [-0.3, -0.25) is 9.87 Å². The summed E-state index contributed by atoms with van der Waals surface area (Å²) in [5, 5.41) is 1.46. The molecule has 0 atom stereocenters. The van der Waals surface area contributed by atoms with E-state index in [-0.39, 0.29) is 23.9 Å². The lowest BCUT2D eigenvalue weighted by molar-refractivity contribution is 0.107. The van der Waals surface area contributed by atoms with Gasteiger partial charge in [0.25, 0.3) is 10.1 Å². The summed E-state index contributed by atoms with van der Waals surface area (Å²) >= 11 is 11.3. The molecule has 0 fully saturated rings. The Morgan fingerprint density at radius 1 is 1.23 bits per heavy atom. The Morgan fingerprint density at radius 3 is 2.36 bits per heavy atom. The zero-order valence-electron chi connectivity index (χ0n) is 10.7. The Kier molecular flexibility index (Phi) is 6.23. The maximum absolute atomic E-state index is 11.5. The second-order valence-corrected chi connectivity index (χ2v) is 5.79. The Labute approximate surface area is 135 Å². The molecule has 0 aromatic heterocycles. The van der Waals surface area contributed by atoms with Crippen molar-refractivity contribution in [2.24, 2.45) is 5.73 Å². The smallest absolute Gasteiger partial charge is 0.411 e. The van der Waals surface area contributed by atoms with Gasteiger partial charge >= 0.3 is 12.2 Å². The number of benzene rings is 1. The van der Waals surface area contributed by atoms with Crippen molar-refractivity contribution in [1.29, 1.82) is 0 Å². The van der Waals surface area contributed by atoms with E-state index >= 15 is 0 Å². The summed E-state index contributed by atoms with van der Waals surface area (Å²) in [7, 11) is -4.74. The van der Waals surface area contributed by atoms with E-state index in [4.69, 9.17) is 33.5 Å². The number of nitrogens with two attached hydrogens (primary N) is 1. The number of primary amides is 1. The van der Waals surface area contributed by atoms with Crippen molar-refractivity contribution in [3.63, 3.8) is 0 Å². The molecule has 0 bridgehead atoms. The predicted molar refractivity (Wildman–Crippen MR) is 76.8 cm³/mol. The predicted octanol–water partition coefficient (Wildman–Crippen LogP) is 1.88. The van der Waals surface area contributed by atoms with Gasteiger partial charge in [-0.15, -0.1) is 0 Å². The molecule has 1 aromatic rings. The number of amides is 2. The van der Waals surface area contributed by atoms with Crippen molar-refractivity contribution in [1.82, 2.24) is 0 Å². The summed E-state index contributed by atoms with van der Waals surface area (Å²) in [6.07, 6.45) is -2.11. The van der Waals surface area contributed by atoms with E-state index in [0.717, 1.165) is 6.07 Å². The van der Waals surface area contributed by atoms with Crippen LogP contribution < -0.4 is 11.1 Å². The number of hydrogen-bond donors (Lipinski definition) is 3. The van der Waals surface area contributed by atoms with Crippen LogP contribution in [0.5, 0.6) is 0 Å². The molecule has 0 saturated carbocycles. The molecule has 0 heterocycles. The Balaban J connectivity index is 2.84. The van der Waals surface area contributed by atoms with Gasteiger partial charge in [-0.1, -0.05) is 23.2 Å². The van der Waals surface area contributed by atoms with Crippen LogP contribution in [-0.2, 0) is 19.6 Å². The van der Waals surface area contributed by atoms with Gasteiger partial charge < -0.3 is 15.2 Å². The fraction of sp³-hybridized carbons (Fsp3) is 0.200. The van der Waals surface area contributed by atoms with E-state index in [0.29, 0.717) is 0 Å². The molecule has 0 aliphatic rings. The van der Waals surface area contributed by atoms with E-state index in [9.17, 15) is 18.0 Å². The first kappa shape index (κ1) is 18.3. The lowest BCUT2D eigenvalue weighted by Gasteiger charge is -2.11. The third-order valence-electron chi connectivity index (χ3n) is 2.11. The molecule has 9 nitrogen and oxygen atoms in total. The van der Waals surface area contributed by atoms with E-state index in [1.807, 2.05) is 0 Å². The molecule has 0 spiro atoms. The first-order chi connectivity index (χ1) is 10.1. The van der Waals surface area contributed by atoms with Crippen molar-refractivity contribution in [2.45, 2.75) is 4.90 Å². The zero-order valence-corrected chi connectivity index (χ0v) is 13.0.